The Morgan fingerprint density at radius 2 is 1.82 bits per heavy atom. The highest BCUT2D eigenvalue weighted by molar-refractivity contribution is 7.17. The van der Waals surface area contributed by atoms with Gasteiger partial charge in [-0.1, -0.05) is 60.7 Å². The predicted octanol–water partition coefficient (Wildman–Crippen LogP) is 4.86. The van der Waals surface area contributed by atoms with Gasteiger partial charge in [-0.3, -0.25) is 14.2 Å². The van der Waals surface area contributed by atoms with E-state index in [-0.39, 0.29) is 12.1 Å². The van der Waals surface area contributed by atoms with E-state index in [1.807, 2.05) is 72.1 Å². The Balaban J connectivity index is 1.24. The molecular weight excluding hydrogens is 500 g/mol. The molecule has 3 aromatic carbocycles. The minimum Gasteiger partial charge on any atom is -0.493 e. The van der Waals surface area contributed by atoms with Crippen LogP contribution in [-0.4, -0.2) is 28.8 Å². The van der Waals surface area contributed by atoms with Crippen LogP contribution in [-0.2, 0) is 17.9 Å². The second-order valence-electron chi connectivity index (χ2n) is 8.35. The molecule has 0 fully saturated rings. The van der Waals surface area contributed by atoms with E-state index in [9.17, 15) is 9.59 Å². The van der Waals surface area contributed by atoms with Gasteiger partial charge in [-0.2, -0.15) is 5.10 Å². The van der Waals surface area contributed by atoms with Crippen LogP contribution in [0.5, 0.6) is 11.5 Å². The summed E-state index contributed by atoms with van der Waals surface area (Å²) < 4.78 is 12.6. The standard InChI is InChI=1S/C29H24N4O4S/c1-36-25-14-21(12-13-24(25)37-17-20-8-4-2-5-9-20)15-31-32-26(34)16-33-19-30-28-27(29(33)35)23(18-38-28)22-10-6-3-7-11-22/h2-15,18-19H,16-17H2,1H3,(H,32,34)/b31-15-. The van der Waals surface area contributed by atoms with Crippen LogP contribution in [0.15, 0.2) is 100 Å². The fraction of sp³-hybridized carbons (Fsp3) is 0.103. The number of hydrogen-bond acceptors (Lipinski definition) is 7. The number of nitrogens with one attached hydrogen (secondary N) is 1. The van der Waals surface area contributed by atoms with E-state index in [0.29, 0.717) is 33.9 Å². The molecule has 0 aliphatic rings. The number of amides is 1. The average molecular weight is 525 g/mol. The second kappa shape index (κ2) is 11.5. The fourth-order valence-electron chi connectivity index (χ4n) is 3.90. The maximum absolute atomic E-state index is 13.1. The molecule has 0 unspecified atom stereocenters. The zero-order valence-electron chi connectivity index (χ0n) is 20.5. The molecule has 5 rings (SSSR count). The molecule has 9 heteroatoms. The molecule has 1 amide bonds. The Hall–Kier alpha value is -4.76. The zero-order chi connectivity index (χ0) is 26.3. The van der Waals surface area contributed by atoms with E-state index in [2.05, 4.69) is 15.5 Å². The lowest BCUT2D eigenvalue weighted by Crippen LogP contribution is -2.30. The molecule has 0 radical (unpaired) electrons. The number of nitrogens with zero attached hydrogens (tertiary/aromatic N) is 3. The number of hydrazone groups is 1. The quantitative estimate of drug-likeness (QED) is 0.219. The smallest absolute Gasteiger partial charge is 0.263 e. The Morgan fingerprint density at radius 1 is 1.05 bits per heavy atom. The molecule has 0 saturated carbocycles. The largest absolute Gasteiger partial charge is 0.493 e. The van der Waals surface area contributed by atoms with Crippen molar-refractivity contribution in [1.29, 1.82) is 0 Å². The van der Waals surface area contributed by atoms with Crippen molar-refractivity contribution < 1.29 is 14.3 Å². The van der Waals surface area contributed by atoms with Gasteiger partial charge in [0.2, 0.25) is 0 Å². The summed E-state index contributed by atoms with van der Waals surface area (Å²) in [7, 11) is 1.56. The van der Waals surface area contributed by atoms with Gasteiger partial charge >= 0.3 is 0 Å². The van der Waals surface area contributed by atoms with E-state index in [4.69, 9.17) is 9.47 Å². The molecule has 1 N–H and O–H groups in total. The third-order valence-corrected chi connectivity index (χ3v) is 6.67. The van der Waals surface area contributed by atoms with Crippen LogP contribution in [0.3, 0.4) is 0 Å². The number of carbonyl (C=O) groups is 1. The number of methoxy groups -OCH3 is 1. The van der Waals surface area contributed by atoms with Crippen molar-refractivity contribution in [3.8, 4) is 22.6 Å². The van der Waals surface area contributed by atoms with E-state index >= 15 is 0 Å². The summed E-state index contributed by atoms with van der Waals surface area (Å²) in [5, 5.41) is 6.44. The Kier molecular flexibility index (Phi) is 7.56. The average Bonchev–Trinajstić information content (AvgIpc) is 3.40. The molecule has 2 aromatic heterocycles. The Morgan fingerprint density at radius 3 is 2.58 bits per heavy atom. The maximum Gasteiger partial charge on any atom is 0.263 e. The summed E-state index contributed by atoms with van der Waals surface area (Å²) in [4.78, 5) is 30.7. The Bertz CT molecular complexity index is 1650. The third kappa shape index (κ3) is 5.63. The number of carbonyl (C=O) groups excluding carboxylic acids is 1. The normalized spacial score (nSPS) is 11.1. The predicted molar refractivity (Wildman–Crippen MR) is 149 cm³/mol. The van der Waals surface area contributed by atoms with Crippen LogP contribution in [0, 0.1) is 0 Å². The number of ether oxygens (including phenoxy) is 2. The monoisotopic (exact) mass is 524 g/mol. The van der Waals surface area contributed by atoms with Gasteiger partial charge < -0.3 is 9.47 Å². The summed E-state index contributed by atoms with van der Waals surface area (Å²) in [5.41, 5.74) is 5.68. The highest BCUT2D eigenvalue weighted by Crippen LogP contribution is 2.30. The molecule has 0 atom stereocenters. The lowest BCUT2D eigenvalue weighted by Gasteiger charge is -2.11. The van der Waals surface area contributed by atoms with E-state index < -0.39 is 5.91 Å². The van der Waals surface area contributed by atoms with Gasteiger partial charge in [0.1, 0.15) is 18.0 Å². The van der Waals surface area contributed by atoms with Crippen LogP contribution in [0.4, 0.5) is 0 Å². The zero-order valence-corrected chi connectivity index (χ0v) is 21.4. The van der Waals surface area contributed by atoms with Crippen molar-refractivity contribution in [2.75, 3.05) is 7.11 Å². The van der Waals surface area contributed by atoms with Crippen molar-refractivity contribution >= 4 is 33.7 Å². The molecular formula is C29H24N4O4S. The number of aromatic nitrogens is 2. The van der Waals surface area contributed by atoms with Crippen molar-refractivity contribution in [3.63, 3.8) is 0 Å². The van der Waals surface area contributed by atoms with Gasteiger partial charge in [-0.15, -0.1) is 11.3 Å². The molecule has 0 spiro atoms. The van der Waals surface area contributed by atoms with E-state index in [0.717, 1.165) is 16.7 Å². The first-order valence-corrected chi connectivity index (χ1v) is 12.7. The van der Waals surface area contributed by atoms with Crippen LogP contribution < -0.4 is 20.5 Å². The molecule has 2 heterocycles. The molecule has 0 aliphatic heterocycles. The molecule has 0 bridgehead atoms. The molecule has 190 valence electrons. The number of benzene rings is 3. The molecule has 0 aliphatic carbocycles. The van der Waals surface area contributed by atoms with Gasteiger partial charge in [0.05, 0.1) is 25.0 Å². The minimum absolute atomic E-state index is 0.210. The van der Waals surface area contributed by atoms with Gasteiger partial charge in [0, 0.05) is 10.9 Å². The van der Waals surface area contributed by atoms with Gasteiger partial charge in [0.25, 0.3) is 11.5 Å². The molecule has 0 saturated heterocycles. The summed E-state index contributed by atoms with van der Waals surface area (Å²) >= 11 is 1.40. The van der Waals surface area contributed by atoms with Gasteiger partial charge in [0.15, 0.2) is 11.5 Å². The van der Waals surface area contributed by atoms with Gasteiger partial charge in [-0.25, -0.2) is 10.4 Å². The van der Waals surface area contributed by atoms with E-state index in [1.165, 1.54) is 28.4 Å². The van der Waals surface area contributed by atoms with Crippen LogP contribution in [0.2, 0.25) is 0 Å². The number of hydrogen-bond donors (Lipinski definition) is 1. The summed E-state index contributed by atoms with van der Waals surface area (Å²) in [6.07, 6.45) is 2.89. The first kappa shape index (κ1) is 24.9. The summed E-state index contributed by atoms with van der Waals surface area (Å²) in [6, 6.07) is 24.8. The minimum atomic E-state index is -0.448. The van der Waals surface area contributed by atoms with Crippen molar-refractivity contribution in [2.45, 2.75) is 13.2 Å². The lowest BCUT2D eigenvalue weighted by atomic mass is 10.1. The lowest BCUT2D eigenvalue weighted by molar-refractivity contribution is -0.121. The van der Waals surface area contributed by atoms with Crippen molar-refractivity contribution in [1.82, 2.24) is 15.0 Å². The van der Waals surface area contributed by atoms with E-state index in [1.54, 1.807) is 19.2 Å². The Labute approximate surface area is 222 Å². The first-order valence-electron chi connectivity index (χ1n) is 11.8. The number of rotatable bonds is 9. The number of thiophene rings is 1. The van der Waals surface area contributed by atoms with Crippen LogP contribution in [0.25, 0.3) is 21.3 Å². The van der Waals surface area contributed by atoms with Crippen molar-refractivity contribution in [3.05, 3.63) is 112 Å². The molecule has 5 aromatic rings. The summed E-state index contributed by atoms with van der Waals surface area (Å²) in [6.45, 7) is 0.206. The van der Waals surface area contributed by atoms with Crippen molar-refractivity contribution in [2.24, 2.45) is 5.10 Å². The molecule has 38 heavy (non-hydrogen) atoms. The van der Waals surface area contributed by atoms with Gasteiger partial charge in [-0.05, 0) is 34.9 Å². The SMILES string of the molecule is COc1cc(/C=N\NC(=O)Cn2cnc3scc(-c4ccccc4)c3c2=O)ccc1OCc1ccccc1. The number of fused-ring (bicyclic) bond motifs is 1. The fourth-order valence-corrected chi connectivity index (χ4v) is 4.80. The maximum atomic E-state index is 13.1. The highest BCUT2D eigenvalue weighted by Gasteiger charge is 2.14. The van der Waals surface area contributed by atoms with Crippen LogP contribution >= 0.6 is 11.3 Å². The molecule has 8 nitrogen and oxygen atoms in total. The van der Waals surface area contributed by atoms with Crippen LogP contribution in [0.1, 0.15) is 11.1 Å². The third-order valence-electron chi connectivity index (χ3n) is 5.79. The highest BCUT2D eigenvalue weighted by atomic mass is 32.1. The first-order chi connectivity index (χ1) is 18.6. The summed E-state index contributed by atoms with van der Waals surface area (Å²) in [5.74, 6) is 0.700. The second-order valence-corrected chi connectivity index (χ2v) is 9.21. The topological polar surface area (TPSA) is 94.8 Å².